The van der Waals surface area contributed by atoms with Crippen LogP contribution >= 0.6 is 0 Å². The normalized spacial score (nSPS) is 13.8. The fraction of sp³-hybridized carbons (Fsp3) is 1.00. The van der Waals surface area contributed by atoms with E-state index in [0.717, 1.165) is 45.3 Å². The van der Waals surface area contributed by atoms with Gasteiger partial charge in [0.15, 0.2) is 6.29 Å². The van der Waals surface area contributed by atoms with Crippen molar-refractivity contribution < 1.29 is 9.47 Å². The lowest BCUT2D eigenvalue weighted by atomic mass is 10.1. The predicted molar refractivity (Wildman–Crippen MR) is 113 cm³/mol. The molecule has 0 aliphatic carbocycles. The minimum absolute atomic E-state index is 0.0926. The molecule has 2 atom stereocenters. The lowest BCUT2D eigenvalue weighted by Crippen LogP contribution is -2.27. The van der Waals surface area contributed by atoms with Gasteiger partial charge in [0.05, 0.1) is 0 Å². The van der Waals surface area contributed by atoms with Crippen LogP contribution in [-0.4, -0.2) is 32.1 Å². The summed E-state index contributed by atoms with van der Waals surface area (Å²) in [4.78, 5) is 0. The summed E-state index contributed by atoms with van der Waals surface area (Å²) in [5.74, 6) is 0. The Balaban J connectivity index is 3.80. The van der Waals surface area contributed by atoms with Gasteiger partial charge in [-0.1, -0.05) is 78.1 Å². The fourth-order valence-corrected chi connectivity index (χ4v) is 3.12. The molecule has 0 aromatic heterocycles. The molecular formula is C22H48N2O2. The summed E-state index contributed by atoms with van der Waals surface area (Å²) in [6, 6.07) is 0.165. The van der Waals surface area contributed by atoms with E-state index in [1.807, 2.05) is 0 Å². The van der Waals surface area contributed by atoms with Crippen molar-refractivity contribution in [2.24, 2.45) is 11.5 Å². The van der Waals surface area contributed by atoms with Gasteiger partial charge in [0.2, 0.25) is 0 Å². The van der Waals surface area contributed by atoms with Crippen LogP contribution in [0.4, 0.5) is 0 Å². The van der Waals surface area contributed by atoms with Gasteiger partial charge < -0.3 is 20.9 Å². The average Bonchev–Trinajstić information content (AvgIpc) is 2.64. The quantitative estimate of drug-likeness (QED) is 0.205. The maximum Gasteiger partial charge on any atom is 0.157 e. The van der Waals surface area contributed by atoms with Crippen molar-refractivity contribution in [1.82, 2.24) is 0 Å². The second-order valence-electron chi connectivity index (χ2n) is 7.62. The first-order valence-electron chi connectivity index (χ1n) is 11.4. The topological polar surface area (TPSA) is 70.5 Å². The first kappa shape index (κ1) is 25.8. The standard InChI is InChI=1S/C22H48N2O2/c1-3-5-7-9-10-11-12-14-20-26-22(16-15-21(24)17-18-23)25-19-13-8-6-4-2/h21-22H,3-20,23-24H2,1-2H3. The number of unbranched alkanes of at least 4 members (excludes halogenated alkanes) is 10. The van der Waals surface area contributed by atoms with Crippen molar-refractivity contribution in [1.29, 1.82) is 0 Å². The monoisotopic (exact) mass is 372 g/mol. The van der Waals surface area contributed by atoms with Crippen LogP contribution in [0.25, 0.3) is 0 Å². The van der Waals surface area contributed by atoms with Gasteiger partial charge in [-0.15, -0.1) is 0 Å². The maximum absolute atomic E-state index is 6.08. The Labute approximate surface area is 163 Å². The zero-order valence-corrected chi connectivity index (χ0v) is 17.9. The number of rotatable bonds is 21. The highest BCUT2D eigenvalue weighted by Gasteiger charge is 2.12. The van der Waals surface area contributed by atoms with Crippen molar-refractivity contribution >= 4 is 0 Å². The van der Waals surface area contributed by atoms with Crippen molar-refractivity contribution in [3.05, 3.63) is 0 Å². The van der Waals surface area contributed by atoms with Crippen molar-refractivity contribution in [2.75, 3.05) is 19.8 Å². The second-order valence-corrected chi connectivity index (χ2v) is 7.62. The Hall–Kier alpha value is -0.160. The first-order valence-corrected chi connectivity index (χ1v) is 11.4. The van der Waals surface area contributed by atoms with E-state index >= 15 is 0 Å². The second kappa shape index (κ2) is 21.1. The van der Waals surface area contributed by atoms with Crippen LogP contribution in [0.1, 0.15) is 110 Å². The molecule has 0 aromatic rings. The summed E-state index contributed by atoms with van der Waals surface area (Å²) >= 11 is 0. The fourth-order valence-electron chi connectivity index (χ4n) is 3.12. The lowest BCUT2D eigenvalue weighted by Gasteiger charge is -2.20. The molecule has 0 spiro atoms. The molecule has 0 aromatic carbocycles. The molecule has 0 aliphatic heterocycles. The van der Waals surface area contributed by atoms with Gasteiger partial charge in [-0.2, -0.15) is 0 Å². The van der Waals surface area contributed by atoms with E-state index < -0.39 is 0 Å². The molecule has 158 valence electrons. The minimum Gasteiger partial charge on any atom is -0.353 e. The minimum atomic E-state index is -0.0926. The molecule has 0 fully saturated rings. The van der Waals surface area contributed by atoms with Crippen molar-refractivity contribution in [3.63, 3.8) is 0 Å². The van der Waals surface area contributed by atoms with Crippen LogP contribution < -0.4 is 11.5 Å². The third-order valence-electron chi connectivity index (χ3n) is 4.91. The molecular weight excluding hydrogens is 324 g/mol. The average molecular weight is 373 g/mol. The molecule has 26 heavy (non-hydrogen) atoms. The summed E-state index contributed by atoms with van der Waals surface area (Å²) in [6.07, 6.45) is 18.1. The molecule has 0 saturated heterocycles. The van der Waals surface area contributed by atoms with Gasteiger partial charge >= 0.3 is 0 Å². The molecule has 0 amide bonds. The van der Waals surface area contributed by atoms with Crippen LogP contribution in [0.2, 0.25) is 0 Å². The highest BCUT2D eigenvalue weighted by Crippen LogP contribution is 2.12. The van der Waals surface area contributed by atoms with E-state index in [9.17, 15) is 0 Å². The molecule has 0 aliphatic rings. The number of hydrogen-bond donors (Lipinski definition) is 2. The Kier molecular flexibility index (Phi) is 21.0. The highest BCUT2D eigenvalue weighted by atomic mass is 16.7. The van der Waals surface area contributed by atoms with Crippen LogP contribution in [0.3, 0.4) is 0 Å². The van der Waals surface area contributed by atoms with E-state index in [1.165, 1.54) is 64.2 Å². The number of hydrogen-bond acceptors (Lipinski definition) is 4. The zero-order valence-electron chi connectivity index (χ0n) is 17.9. The van der Waals surface area contributed by atoms with Gasteiger partial charge in [0.1, 0.15) is 0 Å². The van der Waals surface area contributed by atoms with Crippen LogP contribution in [0.5, 0.6) is 0 Å². The van der Waals surface area contributed by atoms with Gasteiger partial charge in [-0.3, -0.25) is 0 Å². The molecule has 0 saturated carbocycles. The Morgan fingerprint density at radius 2 is 1.08 bits per heavy atom. The Morgan fingerprint density at radius 1 is 0.615 bits per heavy atom. The molecule has 4 N–H and O–H groups in total. The molecule has 4 heteroatoms. The molecule has 2 unspecified atom stereocenters. The summed E-state index contributed by atoms with van der Waals surface area (Å²) in [6.45, 7) is 6.76. The highest BCUT2D eigenvalue weighted by molar-refractivity contribution is 4.63. The summed E-state index contributed by atoms with van der Waals surface area (Å²) in [7, 11) is 0. The third-order valence-corrected chi connectivity index (χ3v) is 4.91. The van der Waals surface area contributed by atoms with Crippen LogP contribution in [-0.2, 0) is 9.47 Å². The smallest absolute Gasteiger partial charge is 0.157 e. The summed E-state index contributed by atoms with van der Waals surface area (Å²) in [5.41, 5.74) is 11.7. The molecule has 0 rings (SSSR count). The van der Waals surface area contributed by atoms with Gasteiger partial charge in [-0.05, 0) is 38.6 Å². The molecule has 4 nitrogen and oxygen atoms in total. The third kappa shape index (κ3) is 18.6. The van der Waals surface area contributed by atoms with E-state index in [4.69, 9.17) is 20.9 Å². The first-order chi connectivity index (χ1) is 12.7. The SMILES string of the molecule is CCCCCCCCCCOC(CCC(N)CCN)OCCCCCC. The van der Waals surface area contributed by atoms with Crippen LogP contribution in [0.15, 0.2) is 0 Å². The molecule has 0 radical (unpaired) electrons. The van der Waals surface area contributed by atoms with Gasteiger partial charge in [-0.25, -0.2) is 0 Å². The van der Waals surface area contributed by atoms with Crippen molar-refractivity contribution in [2.45, 2.75) is 122 Å². The number of ether oxygens (including phenoxy) is 2. The van der Waals surface area contributed by atoms with Gasteiger partial charge in [0, 0.05) is 19.3 Å². The van der Waals surface area contributed by atoms with Crippen molar-refractivity contribution in [3.8, 4) is 0 Å². The zero-order chi connectivity index (χ0) is 19.3. The lowest BCUT2D eigenvalue weighted by molar-refractivity contribution is -0.148. The van der Waals surface area contributed by atoms with Gasteiger partial charge in [0.25, 0.3) is 0 Å². The summed E-state index contributed by atoms with van der Waals surface area (Å²) < 4.78 is 12.0. The Morgan fingerprint density at radius 3 is 1.58 bits per heavy atom. The van der Waals surface area contributed by atoms with E-state index in [2.05, 4.69) is 13.8 Å². The molecule has 0 heterocycles. The van der Waals surface area contributed by atoms with Crippen LogP contribution in [0, 0.1) is 0 Å². The van der Waals surface area contributed by atoms with E-state index in [1.54, 1.807) is 0 Å². The van der Waals surface area contributed by atoms with E-state index in [-0.39, 0.29) is 12.3 Å². The largest absolute Gasteiger partial charge is 0.353 e. The van der Waals surface area contributed by atoms with E-state index in [0.29, 0.717) is 6.54 Å². The predicted octanol–water partition coefficient (Wildman–Crippen LogP) is 5.52. The molecule has 0 bridgehead atoms. The number of nitrogens with two attached hydrogens (primary N) is 2. The Bertz CT molecular complexity index is 265. The summed E-state index contributed by atoms with van der Waals surface area (Å²) in [5, 5.41) is 0. The maximum atomic E-state index is 6.08.